The summed E-state index contributed by atoms with van der Waals surface area (Å²) in [6.45, 7) is 2.38. The number of nitrogens with one attached hydrogen (secondary N) is 1. The maximum Gasteiger partial charge on any atom is 0.280 e. The van der Waals surface area contributed by atoms with Crippen molar-refractivity contribution in [3.05, 3.63) is 69.1 Å². The van der Waals surface area contributed by atoms with E-state index in [1.807, 2.05) is 6.92 Å². The van der Waals surface area contributed by atoms with Gasteiger partial charge in [-0.1, -0.05) is 48.2 Å². The number of carbonyl (C=O) groups is 2. The molecule has 10 heteroatoms. The Labute approximate surface area is 217 Å². The monoisotopic (exact) mass is 533 g/mol. The quantitative estimate of drug-likeness (QED) is 0.370. The Hall–Kier alpha value is -2.81. The number of hydrogen-bond donors (Lipinski definition) is 2. The molecule has 1 saturated carbocycles. The average molecular weight is 534 g/mol. The van der Waals surface area contributed by atoms with Crippen LogP contribution >= 0.6 is 34.7 Å². The molecule has 3 aromatic rings. The molecule has 1 aromatic heterocycles. The van der Waals surface area contributed by atoms with E-state index in [-0.39, 0.29) is 32.8 Å². The molecule has 4 rings (SSSR count). The fourth-order valence-corrected chi connectivity index (χ4v) is 5.17. The molecule has 0 saturated heterocycles. The molecule has 35 heavy (non-hydrogen) atoms. The molecule has 0 spiro atoms. The van der Waals surface area contributed by atoms with E-state index >= 15 is 0 Å². The second-order valence-corrected chi connectivity index (χ2v) is 9.96. The first-order valence-electron chi connectivity index (χ1n) is 11.4. The van der Waals surface area contributed by atoms with Gasteiger partial charge in [-0.15, -0.1) is 0 Å². The highest BCUT2D eigenvalue weighted by atomic mass is 35.5. The highest BCUT2D eigenvalue weighted by Crippen LogP contribution is 2.36. The topological polar surface area (TPSA) is 91.8 Å². The molecule has 0 unspecified atom stereocenters. The van der Waals surface area contributed by atoms with Crippen LogP contribution in [0.1, 0.15) is 54.7 Å². The molecule has 2 N–H and O–H groups in total. The van der Waals surface area contributed by atoms with Crippen LogP contribution in [-0.2, 0) is 4.79 Å². The number of hydrogen-bond acceptors (Lipinski definition) is 6. The Kier molecular flexibility index (Phi) is 8.15. The summed E-state index contributed by atoms with van der Waals surface area (Å²) in [4.78, 5) is 29.0. The molecule has 1 aliphatic rings. The average Bonchev–Trinajstić information content (AvgIpc) is 3.48. The van der Waals surface area contributed by atoms with Crippen LogP contribution in [0.15, 0.2) is 48.5 Å². The summed E-state index contributed by atoms with van der Waals surface area (Å²) in [5.74, 6) is -0.212. The largest absolute Gasteiger partial charge is 0.508 e. The molecule has 2 amide bonds. The highest BCUT2D eigenvalue weighted by Gasteiger charge is 2.37. The fraction of sp³-hybridized carbons (Fsp3) is 0.320. The molecule has 1 atom stereocenters. The third-order valence-electron chi connectivity index (χ3n) is 5.86. The van der Waals surface area contributed by atoms with Crippen LogP contribution in [0.2, 0.25) is 9.36 Å². The van der Waals surface area contributed by atoms with Crippen LogP contribution in [0.5, 0.6) is 11.5 Å². The van der Waals surface area contributed by atoms with Gasteiger partial charge in [0.15, 0.2) is 5.69 Å². The Morgan fingerprint density at radius 3 is 2.37 bits per heavy atom. The summed E-state index contributed by atoms with van der Waals surface area (Å²) in [6.07, 6.45) is 3.86. The van der Waals surface area contributed by atoms with E-state index in [4.69, 9.17) is 27.9 Å². The van der Waals surface area contributed by atoms with Gasteiger partial charge in [-0.3, -0.25) is 14.5 Å². The molecule has 1 fully saturated rings. The van der Waals surface area contributed by atoms with Gasteiger partial charge in [-0.25, -0.2) is 0 Å². The van der Waals surface area contributed by atoms with Gasteiger partial charge in [0.2, 0.25) is 5.91 Å². The van der Waals surface area contributed by atoms with E-state index < -0.39 is 11.9 Å². The summed E-state index contributed by atoms with van der Waals surface area (Å²) >= 11 is 13.3. The number of halogens is 2. The molecule has 7 nitrogen and oxygen atoms in total. The lowest BCUT2D eigenvalue weighted by Gasteiger charge is -2.32. The number of phenolic OH excluding ortho intramolecular Hbond substituents is 1. The second-order valence-electron chi connectivity index (χ2n) is 8.20. The van der Waals surface area contributed by atoms with Crippen molar-refractivity contribution in [1.82, 2.24) is 9.69 Å². The number of aromatic nitrogens is 1. The minimum Gasteiger partial charge on any atom is -0.508 e. The number of carbonyl (C=O) groups excluding carboxylic acids is 2. The van der Waals surface area contributed by atoms with Gasteiger partial charge in [0.25, 0.3) is 5.91 Å². The molecule has 0 aliphatic heterocycles. The molecular formula is C25H25Cl2N3O4S. The smallest absolute Gasteiger partial charge is 0.280 e. The molecular weight excluding hydrogens is 509 g/mol. The van der Waals surface area contributed by atoms with Crippen molar-refractivity contribution in [3.8, 4) is 11.5 Å². The zero-order valence-electron chi connectivity index (χ0n) is 19.0. The van der Waals surface area contributed by atoms with Crippen molar-refractivity contribution in [2.24, 2.45) is 0 Å². The minimum atomic E-state index is -1.04. The first-order valence-corrected chi connectivity index (χ1v) is 12.9. The highest BCUT2D eigenvalue weighted by molar-refractivity contribution is 7.11. The summed E-state index contributed by atoms with van der Waals surface area (Å²) in [5.41, 5.74) is 0.948. The maximum absolute atomic E-state index is 13.9. The first kappa shape index (κ1) is 25.3. The van der Waals surface area contributed by atoms with Crippen molar-refractivity contribution < 1.29 is 19.4 Å². The van der Waals surface area contributed by atoms with Gasteiger partial charge in [0, 0.05) is 11.7 Å². The van der Waals surface area contributed by atoms with Crippen molar-refractivity contribution >= 4 is 52.2 Å². The number of benzene rings is 2. The predicted molar refractivity (Wildman–Crippen MR) is 138 cm³/mol. The van der Waals surface area contributed by atoms with E-state index in [2.05, 4.69) is 9.69 Å². The number of phenols is 1. The van der Waals surface area contributed by atoms with Crippen LogP contribution < -0.4 is 15.0 Å². The number of ether oxygens (including phenoxy) is 1. The van der Waals surface area contributed by atoms with Crippen molar-refractivity contribution in [2.45, 2.75) is 44.7 Å². The Bertz CT molecular complexity index is 1180. The summed E-state index contributed by atoms with van der Waals surface area (Å²) in [6, 6.07) is 12.1. The van der Waals surface area contributed by atoms with E-state index in [9.17, 15) is 14.7 Å². The van der Waals surface area contributed by atoms with Crippen LogP contribution in [0.25, 0.3) is 0 Å². The van der Waals surface area contributed by atoms with Crippen molar-refractivity contribution in [3.63, 3.8) is 0 Å². The van der Waals surface area contributed by atoms with Gasteiger partial charge in [0.05, 0.1) is 6.61 Å². The molecule has 1 heterocycles. The van der Waals surface area contributed by atoms with Crippen molar-refractivity contribution in [1.29, 1.82) is 0 Å². The predicted octanol–water partition coefficient (Wildman–Crippen LogP) is 6.00. The molecule has 0 bridgehead atoms. The third-order valence-corrected chi connectivity index (χ3v) is 7.47. The van der Waals surface area contributed by atoms with E-state index in [1.54, 1.807) is 36.4 Å². The summed E-state index contributed by atoms with van der Waals surface area (Å²) in [5, 5.41) is 13.0. The number of amides is 2. The van der Waals surface area contributed by atoms with Gasteiger partial charge >= 0.3 is 0 Å². The molecule has 0 radical (unpaired) electrons. The maximum atomic E-state index is 13.9. The number of rotatable bonds is 8. The van der Waals surface area contributed by atoms with Gasteiger partial charge < -0.3 is 15.2 Å². The molecule has 184 valence electrons. The minimum absolute atomic E-state index is 0.0343. The number of nitrogens with zero attached hydrogens (tertiary/aromatic N) is 2. The van der Waals surface area contributed by atoms with Crippen molar-refractivity contribution in [2.75, 3.05) is 11.5 Å². The molecule has 1 aliphatic carbocycles. The Morgan fingerprint density at radius 2 is 1.80 bits per heavy atom. The van der Waals surface area contributed by atoms with Gasteiger partial charge in [-0.05, 0) is 73.3 Å². The number of anilines is 1. The fourth-order valence-electron chi connectivity index (χ4n) is 4.18. The van der Waals surface area contributed by atoms with Gasteiger partial charge in [0.1, 0.15) is 26.9 Å². The van der Waals surface area contributed by atoms with E-state index in [0.717, 1.165) is 37.2 Å². The normalized spacial score (nSPS) is 14.5. The zero-order chi connectivity index (χ0) is 24.9. The van der Waals surface area contributed by atoms with Crippen LogP contribution in [0.4, 0.5) is 5.69 Å². The SMILES string of the molecule is CCOc1ccc(N(C(=O)c2nsc(Cl)c2Cl)[C@H](C(=O)NC2CCCC2)c2ccc(O)cc2)cc1. The molecule has 2 aromatic carbocycles. The van der Waals surface area contributed by atoms with Crippen LogP contribution in [0.3, 0.4) is 0 Å². The summed E-state index contributed by atoms with van der Waals surface area (Å²) < 4.78 is 9.89. The third kappa shape index (κ3) is 5.72. The van der Waals surface area contributed by atoms with E-state index in [0.29, 0.717) is 23.6 Å². The Morgan fingerprint density at radius 1 is 1.14 bits per heavy atom. The van der Waals surface area contributed by atoms with Crippen LogP contribution in [0, 0.1) is 0 Å². The standard InChI is InChI=1S/C25H25Cl2N3O4S/c1-2-34-19-13-9-17(10-14-19)30(25(33)21-20(26)23(27)35-29-21)22(15-7-11-18(31)12-8-15)24(32)28-16-5-3-4-6-16/h7-14,16,22,31H,2-6H2,1H3,(H,28,32)/t22-/m0/s1. The lowest BCUT2D eigenvalue weighted by molar-refractivity contribution is -0.123. The number of aromatic hydroxyl groups is 1. The lowest BCUT2D eigenvalue weighted by Crippen LogP contribution is -2.46. The zero-order valence-corrected chi connectivity index (χ0v) is 21.4. The summed E-state index contributed by atoms with van der Waals surface area (Å²) in [7, 11) is 0. The van der Waals surface area contributed by atoms with E-state index in [1.165, 1.54) is 17.0 Å². The van der Waals surface area contributed by atoms with Gasteiger partial charge in [-0.2, -0.15) is 4.37 Å². The second kappa shape index (κ2) is 11.3. The Balaban J connectivity index is 1.82. The van der Waals surface area contributed by atoms with Crippen LogP contribution in [-0.4, -0.2) is 33.9 Å². The first-order chi connectivity index (χ1) is 16.9. The lowest BCUT2D eigenvalue weighted by atomic mass is 10.0.